The Hall–Kier alpha value is -1.99. The first-order chi connectivity index (χ1) is 10.6. The van der Waals surface area contributed by atoms with Crippen LogP contribution >= 0.6 is 0 Å². The fourth-order valence-corrected chi connectivity index (χ4v) is 2.47. The Morgan fingerprint density at radius 3 is 3.23 bits per heavy atom. The minimum atomic E-state index is -0.526. The minimum absolute atomic E-state index is 0.117. The monoisotopic (exact) mass is 304 g/mol. The van der Waals surface area contributed by atoms with Gasteiger partial charge in [-0.25, -0.2) is 4.68 Å². The average Bonchev–Trinajstić information content (AvgIpc) is 3.15. The molecule has 22 heavy (non-hydrogen) atoms. The molecule has 1 aliphatic heterocycles. The molecule has 0 saturated carbocycles. The normalized spacial score (nSPS) is 19.5. The summed E-state index contributed by atoms with van der Waals surface area (Å²) in [6.07, 6.45) is 1.65. The zero-order valence-corrected chi connectivity index (χ0v) is 12.8. The van der Waals surface area contributed by atoms with E-state index in [2.05, 4.69) is 15.6 Å². The number of rotatable bonds is 5. The second-order valence-corrected chi connectivity index (χ2v) is 5.52. The van der Waals surface area contributed by atoms with Crippen molar-refractivity contribution in [2.45, 2.75) is 32.0 Å². The summed E-state index contributed by atoms with van der Waals surface area (Å²) in [7, 11) is 1.83. The van der Waals surface area contributed by atoms with Crippen LogP contribution in [0, 0.1) is 0 Å². The summed E-state index contributed by atoms with van der Waals surface area (Å²) in [6, 6.07) is 5.51. The Labute approximate surface area is 128 Å². The average molecular weight is 304 g/mol. The van der Waals surface area contributed by atoms with Gasteiger partial charge in [0.15, 0.2) is 0 Å². The van der Waals surface area contributed by atoms with E-state index in [1.807, 2.05) is 19.2 Å². The van der Waals surface area contributed by atoms with Crippen LogP contribution in [0.15, 0.2) is 18.2 Å². The molecule has 1 N–H and O–H groups in total. The van der Waals surface area contributed by atoms with Crippen molar-refractivity contribution < 1.29 is 14.3 Å². The second kappa shape index (κ2) is 6.41. The molecular weight excluding hydrogens is 284 g/mol. The number of amides is 1. The molecule has 7 heteroatoms. The Kier molecular flexibility index (Phi) is 4.35. The standard InChI is InChI=1S/C15H20N4O3/c1-10(22-9-12-4-3-7-21-12)15(20)16-11-5-6-14-13(8-11)17-18-19(14)2/h5-6,8,10,12H,3-4,7,9H2,1-2H3,(H,16,20). The van der Waals surface area contributed by atoms with Crippen LogP contribution in [0.2, 0.25) is 0 Å². The molecule has 1 saturated heterocycles. The first-order valence-corrected chi connectivity index (χ1v) is 7.47. The van der Waals surface area contributed by atoms with Crippen LogP contribution in [-0.4, -0.2) is 46.3 Å². The third kappa shape index (κ3) is 3.26. The molecule has 1 aliphatic rings. The predicted octanol–water partition coefficient (Wildman–Crippen LogP) is 1.49. The third-order valence-corrected chi connectivity index (χ3v) is 3.80. The summed E-state index contributed by atoms with van der Waals surface area (Å²) < 4.78 is 12.7. The van der Waals surface area contributed by atoms with Crippen molar-refractivity contribution in [3.63, 3.8) is 0 Å². The molecule has 3 rings (SSSR count). The van der Waals surface area contributed by atoms with E-state index in [0.717, 1.165) is 30.5 Å². The first kappa shape index (κ1) is 14.9. The zero-order chi connectivity index (χ0) is 15.5. The van der Waals surface area contributed by atoms with Gasteiger partial charge in [-0.1, -0.05) is 5.21 Å². The molecule has 2 heterocycles. The van der Waals surface area contributed by atoms with Gasteiger partial charge in [-0.15, -0.1) is 5.10 Å². The van der Waals surface area contributed by atoms with Gasteiger partial charge in [0.1, 0.15) is 11.6 Å². The number of hydrogen-bond donors (Lipinski definition) is 1. The van der Waals surface area contributed by atoms with Gasteiger partial charge in [0.2, 0.25) is 0 Å². The third-order valence-electron chi connectivity index (χ3n) is 3.80. The lowest BCUT2D eigenvalue weighted by Gasteiger charge is -2.16. The molecule has 0 spiro atoms. The maximum Gasteiger partial charge on any atom is 0.253 e. The molecule has 2 aromatic rings. The van der Waals surface area contributed by atoms with Crippen LogP contribution in [-0.2, 0) is 21.3 Å². The van der Waals surface area contributed by atoms with E-state index in [0.29, 0.717) is 12.3 Å². The van der Waals surface area contributed by atoms with Gasteiger partial charge in [0.25, 0.3) is 5.91 Å². The van der Waals surface area contributed by atoms with Crippen molar-refractivity contribution in [2.24, 2.45) is 7.05 Å². The highest BCUT2D eigenvalue weighted by atomic mass is 16.5. The number of aromatic nitrogens is 3. The van der Waals surface area contributed by atoms with Crippen molar-refractivity contribution in [1.82, 2.24) is 15.0 Å². The number of aryl methyl sites for hydroxylation is 1. The summed E-state index contributed by atoms with van der Waals surface area (Å²) in [5.74, 6) is -0.179. The number of anilines is 1. The van der Waals surface area contributed by atoms with Crippen LogP contribution < -0.4 is 5.32 Å². The highest BCUT2D eigenvalue weighted by Gasteiger charge is 2.20. The van der Waals surface area contributed by atoms with Crippen LogP contribution in [0.1, 0.15) is 19.8 Å². The summed E-state index contributed by atoms with van der Waals surface area (Å²) in [5.41, 5.74) is 2.35. The number of carbonyl (C=O) groups is 1. The number of ether oxygens (including phenoxy) is 2. The van der Waals surface area contributed by atoms with Gasteiger partial charge < -0.3 is 14.8 Å². The first-order valence-electron chi connectivity index (χ1n) is 7.47. The summed E-state index contributed by atoms with van der Waals surface area (Å²) >= 11 is 0. The molecule has 1 aromatic carbocycles. The molecule has 1 aromatic heterocycles. The van der Waals surface area contributed by atoms with E-state index < -0.39 is 6.10 Å². The highest BCUT2D eigenvalue weighted by molar-refractivity contribution is 5.95. The topological polar surface area (TPSA) is 78.3 Å². The lowest BCUT2D eigenvalue weighted by atomic mass is 10.2. The second-order valence-electron chi connectivity index (χ2n) is 5.52. The summed E-state index contributed by atoms with van der Waals surface area (Å²) in [4.78, 5) is 12.1. The van der Waals surface area contributed by atoms with Gasteiger partial charge in [0.05, 0.1) is 18.2 Å². The van der Waals surface area contributed by atoms with Crippen LogP contribution in [0.25, 0.3) is 11.0 Å². The molecule has 1 fully saturated rings. The van der Waals surface area contributed by atoms with E-state index in [9.17, 15) is 4.79 Å². The number of fused-ring (bicyclic) bond motifs is 1. The van der Waals surface area contributed by atoms with Crippen molar-refractivity contribution in [2.75, 3.05) is 18.5 Å². The number of carbonyl (C=O) groups excluding carboxylic acids is 1. The Bertz CT molecular complexity index is 664. The molecule has 118 valence electrons. The van der Waals surface area contributed by atoms with E-state index in [1.165, 1.54) is 0 Å². The van der Waals surface area contributed by atoms with Crippen LogP contribution in [0.3, 0.4) is 0 Å². The maximum absolute atomic E-state index is 12.1. The largest absolute Gasteiger partial charge is 0.376 e. The summed E-state index contributed by atoms with van der Waals surface area (Å²) in [6.45, 7) is 2.98. The highest BCUT2D eigenvalue weighted by Crippen LogP contribution is 2.17. The van der Waals surface area contributed by atoms with Crippen molar-refractivity contribution >= 4 is 22.6 Å². The van der Waals surface area contributed by atoms with Gasteiger partial charge in [-0.3, -0.25) is 4.79 Å². The fraction of sp³-hybridized carbons (Fsp3) is 0.533. The van der Waals surface area contributed by atoms with Crippen LogP contribution in [0.5, 0.6) is 0 Å². The number of nitrogens with zero attached hydrogens (tertiary/aromatic N) is 3. The van der Waals surface area contributed by atoms with E-state index in [4.69, 9.17) is 9.47 Å². The Balaban J connectivity index is 1.56. The zero-order valence-electron chi connectivity index (χ0n) is 12.8. The predicted molar refractivity (Wildman–Crippen MR) is 81.5 cm³/mol. The minimum Gasteiger partial charge on any atom is -0.376 e. The number of nitrogens with one attached hydrogen (secondary N) is 1. The van der Waals surface area contributed by atoms with Crippen molar-refractivity contribution in [3.8, 4) is 0 Å². The van der Waals surface area contributed by atoms with Crippen molar-refractivity contribution in [3.05, 3.63) is 18.2 Å². The van der Waals surface area contributed by atoms with E-state index in [-0.39, 0.29) is 12.0 Å². The van der Waals surface area contributed by atoms with Gasteiger partial charge in [0, 0.05) is 19.3 Å². The van der Waals surface area contributed by atoms with Gasteiger partial charge in [-0.2, -0.15) is 0 Å². The van der Waals surface area contributed by atoms with E-state index in [1.54, 1.807) is 17.7 Å². The molecule has 1 amide bonds. The maximum atomic E-state index is 12.1. The lowest BCUT2D eigenvalue weighted by molar-refractivity contribution is -0.128. The molecule has 2 atom stereocenters. The van der Waals surface area contributed by atoms with Gasteiger partial charge >= 0.3 is 0 Å². The molecule has 7 nitrogen and oxygen atoms in total. The Morgan fingerprint density at radius 1 is 1.59 bits per heavy atom. The molecule has 0 bridgehead atoms. The van der Waals surface area contributed by atoms with Crippen LogP contribution in [0.4, 0.5) is 5.69 Å². The van der Waals surface area contributed by atoms with E-state index >= 15 is 0 Å². The number of benzene rings is 1. The van der Waals surface area contributed by atoms with Crippen molar-refractivity contribution in [1.29, 1.82) is 0 Å². The quantitative estimate of drug-likeness (QED) is 0.905. The molecule has 0 radical (unpaired) electrons. The van der Waals surface area contributed by atoms with Gasteiger partial charge in [-0.05, 0) is 38.0 Å². The molecular formula is C15H20N4O3. The molecule has 0 aliphatic carbocycles. The smallest absolute Gasteiger partial charge is 0.253 e. The SMILES string of the molecule is CC(OCC1CCCO1)C(=O)Nc1ccc2c(c1)nnn2C. The fourth-order valence-electron chi connectivity index (χ4n) is 2.47. The lowest BCUT2D eigenvalue weighted by Crippen LogP contribution is -2.30. The number of hydrogen-bond acceptors (Lipinski definition) is 5. The molecule has 2 unspecified atom stereocenters. The summed E-state index contributed by atoms with van der Waals surface area (Å²) in [5, 5.41) is 10.8. The Morgan fingerprint density at radius 2 is 2.45 bits per heavy atom.